The first-order valence-electron chi connectivity index (χ1n) is 5.02. The number of carbonyl (C=O) groups excluding carboxylic acids is 1. The lowest BCUT2D eigenvalue weighted by atomic mass is 10.2. The van der Waals surface area contributed by atoms with Crippen LogP contribution in [-0.2, 0) is 6.54 Å². The van der Waals surface area contributed by atoms with Gasteiger partial charge in [-0.3, -0.25) is 9.89 Å². The average molecular weight is 232 g/mol. The molecule has 0 bridgehead atoms. The molecule has 6 nitrogen and oxygen atoms in total. The summed E-state index contributed by atoms with van der Waals surface area (Å²) in [6, 6.07) is 6.13. The minimum atomic E-state index is -0.276. The highest BCUT2D eigenvalue weighted by atomic mass is 16.3. The molecule has 0 saturated carbocycles. The predicted octanol–water partition coefficient (Wildman–Crippen LogP) is 0.627. The van der Waals surface area contributed by atoms with Crippen molar-refractivity contribution >= 4 is 11.7 Å². The van der Waals surface area contributed by atoms with E-state index < -0.39 is 0 Å². The molecule has 2 rings (SSSR count). The fourth-order valence-corrected chi connectivity index (χ4v) is 1.39. The minimum Gasteiger partial charge on any atom is -0.508 e. The van der Waals surface area contributed by atoms with Crippen molar-refractivity contribution < 1.29 is 9.90 Å². The zero-order chi connectivity index (χ0) is 12.3. The van der Waals surface area contributed by atoms with E-state index in [-0.39, 0.29) is 18.2 Å². The molecule has 0 aliphatic rings. The predicted molar refractivity (Wildman–Crippen MR) is 62.3 cm³/mol. The van der Waals surface area contributed by atoms with Crippen LogP contribution < -0.4 is 11.1 Å². The maximum absolute atomic E-state index is 11.7. The van der Waals surface area contributed by atoms with Gasteiger partial charge in [0.2, 0.25) is 0 Å². The van der Waals surface area contributed by atoms with Crippen molar-refractivity contribution in [1.29, 1.82) is 0 Å². The number of nitrogens with one attached hydrogen (secondary N) is 2. The molecule has 0 aliphatic heterocycles. The van der Waals surface area contributed by atoms with Crippen molar-refractivity contribution in [2.24, 2.45) is 0 Å². The molecule has 1 amide bonds. The summed E-state index contributed by atoms with van der Waals surface area (Å²) in [4.78, 5) is 11.7. The first-order chi connectivity index (χ1) is 8.16. The number of aromatic amines is 1. The summed E-state index contributed by atoms with van der Waals surface area (Å²) >= 11 is 0. The molecule has 5 N–H and O–H groups in total. The highest BCUT2D eigenvalue weighted by Crippen LogP contribution is 2.11. The molecule has 1 aromatic carbocycles. The van der Waals surface area contributed by atoms with Gasteiger partial charge >= 0.3 is 0 Å². The van der Waals surface area contributed by atoms with Gasteiger partial charge in [-0.1, -0.05) is 6.07 Å². The summed E-state index contributed by atoms with van der Waals surface area (Å²) in [7, 11) is 0. The molecule has 0 saturated heterocycles. The molecule has 0 spiro atoms. The number of anilines is 1. The molecular weight excluding hydrogens is 220 g/mol. The Bertz CT molecular complexity index is 536. The van der Waals surface area contributed by atoms with Gasteiger partial charge in [-0.2, -0.15) is 5.10 Å². The third-order valence-corrected chi connectivity index (χ3v) is 2.30. The van der Waals surface area contributed by atoms with Gasteiger partial charge in [0.05, 0.1) is 6.20 Å². The Hall–Kier alpha value is -2.50. The average Bonchev–Trinajstić information content (AvgIpc) is 2.72. The Labute approximate surface area is 97.5 Å². The largest absolute Gasteiger partial charge is 0.508 e. The molecule has 6 heteroatoms. The maximum Gasteiger partial charge on any atom is 0.251 e. The molecule has 88 valence electrons. The van der Waals surface area contributed by atoms with Gasteiger partial charge in [-0.15, -0.1) is 0 Å². The number of aromatic nitrogens is 2. The van der Waals surface area contributed by atoms with Crippen molar-refractivity contribution in [2.75, 3.05) is 5.73 Å². The number of H-pyrrole nitrogens is 1. The SMILES string of the molecule is Nc1[nH]ncc1CNC(=O)c1cccc(O)c1. The summed E-state index contributed by atoms with van der Waals surface area (Å²) in [5.41, 5.74) is 6.70. The third kappa shape index (κ3) is 2.54. The number of phenolic OH excluding ortho intramolecular Hbond substituents is 1. The maximum atomic E-state index is 11.7. The van der Waals surface area contributed by atoms with Crippen LogP contribution in [0.4, 0.5) is 5.82 Å². The van der Waals surface area contributed by atoms with Gasteiger partial charge in [-0.25, -0.2) is 0 Å². The van der Waals surface area contributed by atoms with E-state index in [1.54, 1.807) is 18.3 Å². The zero-order valence-electron chi connectivity index (χ0n) is 8.97. The van der Waals surface area contributed by atoms with Crippen LogP contribution in [0.1, 0.15) is 15.9 Å². The first-order valence-corrected chi connectivity index (χ1v) is 5.02. The fourth-order valence-electron chi connectivity index (χ4n) is 1.39. The molecule has 17 heavy (non-hydrogen) atoms. The molecule has 0 radical (unpaired) electrons. The second-order valence-electron chi connectivity index (χ2n) is 3.54. The number of hydrogen-bond donors (Lipinski definition) is 4. The summed E-state index contributed by atoms with van der Waals surface area (Å²) in [6.07, 6.45) is 1.55. The van der Waals surface area contributed by atoms with Gasteiger partial charge in [-0.05, 0) is 18.2 Å². The second-order valence-corrected chi connectivity index (χ2v) is 3.54. The summed E-state index contributed by atoms with van der Waals surface area (Å²) in [5.74, 6) is 0.211. The van der Waals surface area contributed by atoms with E-state index in [1.165, 1.54) is 12.1 Å². The van der Waals surface area contributed by atoms with E-state index in [2.05, 4.69) is 15.5 Å². The van der Waals surface area contributed by atoms with E-state index in [4.69, 9.17) is 5.73 Å². The summed E-state index contributed by atoms with van der Waals surface area (Å²) in [5, 5.41) is 18.2. The summed E-state index contributed by atoms with van der Waals surface area (Å²) < 4.78 is 0. The lowest BCUT2D eigenvalue weighted by molar-refractivity contribution is 0.0950. The number of carbonyl (C=O) groups is 1. The van der Waals surface area contributed by atoms with Gasteiger partial charge < -0.3 is 16.2 Å². The topological polar surface area (TPSA) is 104 Å². The van der Waals surface area contributed by atoms with Crippen molar-refractivity contribution in [2.45, 2.75) is 6.54 Å². The Kier molecular flexibility index (Phi) is 2.95. The van der Waals surface area contributed by atoms with Crippen LogP contribution in [0.25, 0.3) is 0 Å². The highest BCUT2D eigenvalue weighted by Gasteiger charge is 2.07. The molecule has 1 aromatic heterocycles. The van der Waals surface area contributed by atoms with Crippen LogP contribution in [0.2, 0.25) is 0 Å². The Morgan fingerprint density at radius 1 is 1.53 bits per heavy atom. The smallest absolute Gasteiger partial charge is 0.251 e. The molecular formula is C11H12N4O2. The standard InChI is InChI=1S/C11H12N4O2/c12-10-8(6-14-15-10)5-13-11(17)7-2-1-3-9(16)4-7/h1-4,6,16H,5H2,(H,13,17)(H3,12,14,15). The Morgan fingerprint density at radius 3 is 3.00 bits per heavy atom. The van der Waals surface area contributed by atoms with Crippen LogP contribution in [0.5, 0.6) is 5.75 Å². The first kappa shape index (κ1) is 11.0. The molecule has 1 heterocycles. The van der Waals surface area contributed by atoms with E-state index in [0.717, 1.165) is 5.56 Å². The van der Waals surface area contributed by atoms with E-state index in [1.807, 2.05) is 0 Å². The number of aromatic hydroxyl groups is 1. The minimum absolute atomic E-state index is 0.0560. The van der Waals surface area contributed by atoms with Crippen LogP contribution in [0, 0.1) is 0 Å². The molecule has 0 atom stereocenters. The number of nitrogens with zero attached hydrogens (tertiary/aromatic N) is 1. The monoisotopic (exact) mass is 232 g/mol. The number of nitrogens with two attached hydrogens (primary N) is 1. The lowest BCUT2D eigenvalue weighted by Gasteiger charge is -2.04. The molecule has 0 aliphatic carbocycles. The zero-order valence-corrected chi connectivity index (χ0v) is 8.97. The van der Waals surface area contributed by atoms with E-state index in [0.29, 0.717) is 11.4 Å². The van der Waals surface area contributed by atoms with Crippen molar-refractivity contribution in [3.8, 4) is 5.75 Å². The number of nitrogen functional groups attached to an aromatic ring is 1. The van der Waals surface area contributed by atoms with Gasteiger partial charge in [0.25, 0.3) is 5.91 Å². The number of hydrogen-bond acceptors (Lipinski definition) is 4. The number of phenols is 1. The number of benzene rings is 1. The van der Waals surface area contributed by atoms with Gasteiger partial charge in [0.15, 0.2) is 0 Å². The number of amides is 1. The molecule has 2 aromatic rings. The van der Waals surface area contributed by atoms with Crippen molar-refractivity contribution in [1.82, 2.24) is 15.5 Å². The van der Waals surface area contributed by atoms with Crippen molar-refractivity contribution in [3.63, 3.8) is 0 Å². The lowest BCUT2D eigenvalue weighted by Crippen LogP contribution is -2.22. The van der Waals surface area contributed by atoms with Crippen LogP contribution >= 0.6 is 0 Å². The normalized spacial score (nSPS) is 10.1. The molecule has 0 unspecified atom stereocenters. The van der Waals surface area contributed by atoms with Crippen LogP contribution in [-0.4, -0.2) is 21.2 Å². The van der Waals surface area contributed by atoms with Crippen LogP contribution in [0.15, 0.2) is 30.5 Å². The second kappa shape index (κ2) is 4.56. The highest BCUT2D eigenvalue weighted by molar-refractivity contribution is 5.94. The van der Waals surface area contributed by atoms with Crippen LogP contribution in [0.3, 0.4) is 0 Å². The summed E-state index contributed by atoms with van der Waals surface area (Å²) in [6.45, 7) is 0.289. The van der Waals surface area contributed by atoms with E-state index >= 15 is 0 Å². The van der Waals surface area contributed by atoms with Gasteiger partial charge in [0, 0.05) is 17.7 Å². The molecule has 0 fully saturated rings. The number of rotatable bonds is 3. The quantitative estimate of drug-likeness (QED) is 0.623. The van der Waals surface area contributed by atoms with E-state index in [9.17, 15) is 9.90 Å². The van der Waals surface area contributed by atoms with Crippen molar-refractivity contribution in [3.05, 3.63) is 41.6 Å². The third-order valence-electron chi connectivity index (χ3n) is 2.30. The fraction of sp³-hybridized carbons (Fsp3) is 0.0909. The van der Waals surface area contributed by atoms with Gasteiger partial charge in [0.1, 0.15) is 11.6 Å². The Morgan fingerprint density at radius 2 is 2.35 bits per heavy atom. The Balaban J connectivity index is 2.01.